The molecule has 1 atom stereocenters. The topological polar surface area (TPSA) is 58.6 Å². The van der Waals surface area contributed by atoms with Gasteiger partial charge in [0.2, 0.25) is 5.91 Å². The van der Waals surface area contributed by atoms with Gasteiger partial charge in [0.1, 0.15) is 11.1 Å². The van der Waals surface area contributed by atoms with Crippen molar-refractivity contribution < 1.29 is 14.3 Å². The summed E-state index contributed by atoms with van der Waals surface area (Å²) < 4.78 is 5.51. The van der Waals surface area contributed by atoms with Crippen LogP contribution in [0.2, 0.25) is 5.02 Å². The van der Waals surface area contributed by atoms with Gasteiger partial charge in [-0.25, -0.2) is 0 Å². The van der Waals surface area contributed by atoms with Gasteiger partial charge < -0.3 is 10.1 Å². The minimum Gasteiger partial charge on any atom is -0.484 e. The fourth-order valence-corrected chi connectivity index (χ4v) is 4.82. The lowest BCUT2D eigenvalue weighted by Gasteiger charge is -2.25. The molecule has 1 N–H and O–H groups in total. The number of carbonyl (C=O) groups excluding carboxylic acids is 2. The van der Waals surface area contributed by atoms with E-state index in [0.717, 1.165) is 17.7 Å². The van der Waals surface area contributed by atoms with Crippen molar-refractivity contribution in [1.29, 1.82) is 0 Å². The molecular weight excluding hydrogens is 444 g/mol. The first-order valence-corrected chi connectivity index (χ1v) is 11.8. The Labute approximate surface area is 196 Å². The molecule has 1 heterocycles. The van der Waals surface area contributed by atoms with Crippen LogP contribution < -0.4 is 15.0 Å². The van der Waals surface area contributed by atoms with Crippen LogP contribution in [0, 0.1) is 0 Å². The molecule has 32 heavy (non-hydrogen) atoms. The number of nitrogens with zero attached hydrogens (tertiary/aromatic N) is 1. The number of rotatable bonds is 7. The summed E-state index contributed by atoms with van der Waals surface area (Å²) in [6, 6.07) is 22.5. The standard InChI is InChI=1S/C25H23ClN2O3S/c1-2-17-5-3-8-21(13-17)28-24(30)16-32-25(28)18-6-4-7-20(14-18)27-23(29)15-31-22-11-9-19(26)10-12-22/h3-14,25H,2,15-16H2,1H3,(H,27,29)/t25-/m1/s1. The molecule has 1 fully saturated rings. The first-order valence-electron chi connectivity index (χ1n) is 10.3. The molecule has 3 aromatic rings. The SMILES string of the molecule is CCc1cccc(N2C(=O)CS[C@@H]2c2cccc(NC(=O)COc3ccc(Cl)cc3)c2)c1. The molecule has 1 aliphatic rings. The molecule has 0 unspecified atom stereocenters. The van der Waals surface area contributed by atoms with E-state index in [4.69, 9.17) is 16.3 Å². The number of benzene rings is 3. The Hall–Kier alpha value is -2.96. The number of hydrogen-bond acceptors (Lipinski definition) is 4. The van der Waals surface area contributed by atoms with Crippen LogP contribution in [0.25, 0.3) is 0 Å². The predicted molar refractivity (Wildman–Crippen MR) is 131 cm³/mol. The Morgan fingerprint density at radius 3 is 2.69 bits per heavy atom. The van der Waals surface area contributed by atoms with Crippen molar-refractivity contribution in [1.82, 2.24) is 0 Å². The van der Waals surface area contributed by atoms with Crippen LogP contribution in [-0.2, 0) is 16.0 Å². The third kappa shape index (κ3) is 5.26. The Kier molecular flexibility index (Phi) is 7.02. The van der Waals surface area contributed by atoms with Gasteiger partial charge in [-0.1, -0.05) is 42.8 Å². The molecule has 164 valence electrons. The number of carbonyl (C=O) groups is 2. The average Bonchev–Trinajstić information content (AvgIpc) is 3.20. The molecule has 0 radical (unpaired) electrons. The van der Waals surface area contributed by atoms with Crippen molar-refractivity contribution in [2.24, 2.45) is 0 Å². The zero-order valence-corrected chi connectivity index (χ0v) is 19.2. The zero-order valence-electron chi connectivity index (χ0n) is 17.6. The zero-order chi connectivity index (χ0) is 22.5. The van der Waals surface area contributed by atoms with Gasteiger partial charge in [-0.3, -0.25) is 14.5 Å². The number of halogens is 1. The van der Waals surface area contributed by atoms with Gasteiger partial charge >= 0.3 is 0 Å². The molecule has 3 aromatic carbocycles. The first kappa shape index (κ1) is 22.2. The van der Waals surface area contributed by atoms with Crippen LogP contribution in [0.4, 0.5) is 11.4 Å². The smallest absolute Gasteiger partial charge is 0.262 e. The molecule has 0 spiro atoms. The highest BCUT2D eigenvalue weighted by atomic mass is 35.5. The lowest BCUT2D eigenvalue weighted by atomic mass is 10.1. The van der Waals surface area contributed by atoms with Crippen LogP contribution in [-0.4, -0.2) is 24.2 Å². The summed E-state index contributed by atoms with van der Waals surface area (Å²) in [5.41, 5.74) is 3.70. The second kappa shape index (κ2) is 10.1. The summed E-state index contributed by atoms with van der Waals surface area (Å²) in [4.78, 5) is 26.9. The summed E-state index contributed by atoms with van der Waals surface area (Å²) in [6.07, 6.45) is 0.910. The summed E-state index contributed by atoms with van der Waals surface area (Å²) in [7, 11) is 0. The number of hydrogen-bond donors (Lipinski definition) is 1. The fraction of sp³-hybridized carbons (Fsp3) is 0.200. The van der Waals surface area contributed by atoms with Crippen molar-refractivity contribution in [2.75, 3.05) is 22.6 Å². The van der Waals surface area contributed by atoms with Crippen molar-refractivity contribution in [2.45, 2.75) is 18.7 Å². The minimum atomic E-state index is -0.264. The Bertz CT molecular complexity index is 1120. The van der Waals surface area contributed by atoms with Crippen molar-refractivity contribution in [3.05, 3.63) is 88.9 Å². The van der Waals surface area contributed by atoms with Crippen molar-refractivity contribution >= 4 is 46.6 Å². The van der Waals surface area contributed by atoms with Gasteiger partial charge in [0.25, 0.3) is 5.91 Å². The third-order valence-corrected chi connectivity index (χ3v) is 6.57. The second-order valence-corrected chi connectivity index (χ2v) is 8.87. The third-order valence-electron chi connectivity index (χ3n) is 5.10. The Balaban J connectivity index is 1.46. The molecular formula is C25H23ClN2O3S. The van der Waals surface area contributed by atoms with Gasteiger partial charge in [0, 0.05) is 16.4 Å². The van der Waals surface area contributed by atoms with Crippen LogP contribution in [0.15, 0.2) is 72.8 Å². The number of thioether (sulfide) groups is 1. The molecule has 1 saturated heterocycles. The average molecular weight is 467 g/mol. The lowest BCUT2D eigenvalue weighted by Crippen LogP contribution is -2.28. The minimum absolute atomic E-state index is 0.0825. The molecule has 4 rings (SSSR count). The second-order valence-electron chi connectivity index (χ2n) is 7.37. The van der Waals surface area contributed by atoms with Gasteiger partial charge in [-0.15, -0.1) is 11.8 Å². The van der Waals surface area contributed by atoms with E-state index in [1.165, 1.54) is 5.56 Å². The van der Waals surface area contributed by atoms with Gasteiger partial charge in [-0.2, -0.15) is 0 Å². The molecule has 2 amide bonds. The molecule has 0 aromatic heterocycles. The summed E-state index contributed by atoms with van der Waals surface area (Å²) >= 11 is 7.45. The quantitative estimate of drug-likeness (QED) is 0.485. The molecule has 0 bridgehead atoms. The lowest BCUT2D eigenvalue weighted by molar-refractivity contribution is -0.118. The summed E-state index contributed by atoms with van der Waals surface area (Å²) in [6.45, 7) is 1.98. The van der Waals surface area contributed by atoms with E-state index < -0.39 is 0 Å². The van der Waals surface area contributed by atoms with E-state index in [-0.39, 0.29) is 23.8 Å². The first-order chi connectivity index (χ1) is 15.5. The van der Waals surface area contributed by atoms with E-state index in [2.05, 4.69) is 24.4 Å². The van der Waals surface area contributed by atoms with E-state index in [9.17, 15) is 9.59 Å². The van der Waals surface area contributed by atoms with Gasteiger partial charge in [-0.05, 0) is 66.1 Å². The predicted octanol–water partition coefficient (Wildman–Crippen LogP) is 5.70. The summed E-state index contributed by atoms with van der Waals surface area (Å²) in [5.74, 6) is 0.815. The van der Waals surface area contributed by atoms with E-state index in [0.29, 0.717) is 22.2 Å². The van der Waals surface area contributed by atoms with Crippen molar-refractivity contribution in [3.8, 4) is 5.75 Å². The Morgan fingerprint density at radius 1 is 1.12 bits per heavy atom. The highest BCUT2D eigenvalue weighted by molar-refractivity contribution is 8.00. The highest BCUT2D eigenvalue weighted by Gasteiger charge is 2.34. The molecule has 0 saturated carbocycles. The number of ether oxygens (including phenoxy) is 1. The largest absolute Gasteiger partial charge is 0.484 e. The molecule has 7 heteroatoms. The van der Waals surface area contributed by atoms with Gasteiger partial charge in [0.15, 0.2) is 6.61 Å². The van der Waals surface area contributed by atoms with Crippen LogP contribution >= 0.6 is 23.4 Å². The summed E-state index contributed by atoms with van der Waals surface area (Å²) in [5, 5.41) is 3.34. The van der Waals surface area contributed by atoms with Crippen LogP contribution in [0.5, 0.6) is 5.75 Å². The van der Waals surface area contributed by atoms with E-state index in [1.54, 1.807) is 36.0 Å². The van der Waals surface area contributed by atoms with Gasteiger partial charge in [0.05, 0.1) is 5.75 Å². The fourth-order valence-electron chi connectivity index (χ4n) is 3.52. The van der Waals surface area contributed by atoms with Crippen LogP contribution in [0.3, 0.4) is 0 Å². The molecule has 0 aliphatic carbocycles. The number of nitrogens with one attached hydrogen (secondary N) is 1. The maximum absolute atomic E-state index is 12.7. The van der Waals surface area contributed by atoms with E-state index >= 15 is 0 Å². The highest BCUT2D eigenvalue weighted by Crippen LogP contribution is 2.42. The van der Waals surface area contributed by atoms with Crippen molar-refractivity contribution in [3.63, 3.8) is 0 Å². The molecule has 1 aliphatic heterocycles. The van der Waals surface area contributed by atoms with E-state index in [1.807, 2.05) is 41.3 Å². The Morgan fingerprint density at radius 2 is 1.91 bits per heavy atom. The maximum Gasteiger partial charge on any atom is 0.262 e. The monoisotopic (exact) mass is 466 g/mol. The molecule has 5 nitrogen and oxygen atoms in total. The normalized spacial score (nSPS) is 15.6. The number of amides is 2. The number of anilines is 2. The number of aryl methyl sites for hydroxylation is 1. The maximum atomic E-state index is 12.7. The van der Waals surface area contributed by atoms with Crippen LogP contribution in [0.1, 0.15) is 23.4 Å².